The molecule has 1 unspecified atom stereocenters. The zero-order valence-electron chi connectivity index (χ0n) is 9.31. The van der Waals surface area contributed by atoms with E-state index in [0.717, 1.165) is 11.3 Å². The van der Waals surface area contributed by atoms with Crippen LogP contribution < -0.4 is 4.74 Å². The summed E-state index contributed by atoms with van der Waals surface area (Å²) in [7, 11) is 0. The van der Waals surface area contributed by atoms with E-state index in [-0.39, 0.29) is 6.10 Å². The van der Waals surface area contributed by atoms with Crippen LogP contribution >= 0.6 is 15.9 Å². The van der Waals surface area contributed by atoms with Gasteiger partial charge in [0.25, 0.3) is 0 Å². The number of alkyl halides is 1. The molecule has 0 saturated carbocycles. The van der Waals surface area contributed by atoms with Crippen molar-refractivity contribution < 1.29 is 14.6 Å². The highest BCUT2D eigenvalue weighted by Crippen LogP contribution is 2.40. The lowest BCUT2D eigenvalue weighted by Gasteiger charge is -2.39. The van der Waals surface area contributed by atoms with E-state index in [1.807, 2.05) is 38.1 Å². The Hall–Kier alpha value is -0.580. The number of hydrogen-bond donors (Lipinski definition) is 1. The molecule has 1 aliphatic rings. The first-order valence-electron chi connectivity index (χ1n) is 5.23. The van der Waals surface area contributed by atoms with Gasteiger partial charge in [-0.05, 0) is 6.07 Å². The Morgan fingerprint density at radius 3 is 2.81 bits per heavy atom. The van der Waals surface area contributed by atoms with Crippen molar-refractivity contribution in [2.45, 2.75) is 31.8 Å². The first kappa shape index (κ1) is 11.9. The lowest BCUT2D eigenvalue weighted by atomic mass is 10.0. The van der Waals surface area contributed by atoms with Crippen molar-refractivity contribution in [2.24, 2.45) is 0 Å². The van der Waals surface area contributed by atoms with E-state index in [2.05, 4.69) is 15.9 Å². The second kappa shape index (κ2) is 4.35. The van der Waals surface area contributed by atoms with Gasteiger partial charge in [-0.3, -0.25) is 0 Å². The number of fused-ring (bicyclic) bond motifs is 1. The quantitative estimate of drug-likeness (QED) is 0.850. The van der Waals surface area contributed by atoms with Crippen molar-refractivity contribution in [1.82, 2.24) is 0 Å². The van der Waals surface area contributed by atoms with Gasteiger partial charge in [-0.1, -0.05) is 34.1 Å². The standard InChI is InChI=1S/C12H15BrO3/c1-12(2)15-10-6-4-3-5-8(10)11(16-12)9(14)7-13/h3-6,9,11,14H,7H2,1-2H3/t9?,11-/m1/s1. The minimum absolute atomic E-state index is 0.348. The van der Waals surface area contributed by atoms with Crippen molar-refractivity contribution in [3.05, 3.63) is 29.8 Å². The number of para-hydroxylation sites is 1. The zero-order chi connectivity index (χ0) is 11.8. The van der Waals surface area contributed by atoms with Gasteiger partial charge in [0.1, 0.15) is 11.9 Å². The Morgan fingerprint density at radius 1 is 1.44 bits per heavy atom. The molecule has 0 bridgehead atoms. The Bertz CT molecular complexity index is 378. The number of rotatable bonds is 2. The molecule has 0 aliphatic carbocycles. The SMILES string of the molecule is CC1(C)Oc2ccccc2[C@H](C(O)CBr)O1. The molecule has 0 spiro atoms. The van der Waals surface area contributed by atoms with Gasteiger partial charge in [-0.25, -0.2) is 0 Å². The van der Waals surface area contributed by atoms with Gasteiger partial charge in [0.2, 0.25) is 5.79 Å². The van der Waals surface area contributed by atoms with Crippen LogP contribution in [0.15, 0.2) is 24.3 Å². The molecule has 1 aromatic rings. The largest absolute Gasteiger partial charge is 0.463 e. The van der Waals surface area contributed by atoms with Crippen LogP contribution in [0.4, 0.5) is 0 Å². The summed E-state index contributed by atoms with van der Waals surface area (Å²) < 4.78 is 11.4. The van der Waals surface area contributed by atoms with Crippen molar-refractivity contribution >= 4 is 15.9 Å². The summed E-state index contributed by atoms with van der Waals surface area (Å²) in [6, 6.07) is 7.64. The summed E-state index contributed by atoms with van der Waals surface area (Å²) in [4.78, 5) is 0. The molecule has 4 heteroatoms. The highest BCUT2D eigenvalue weighted by Gasteiger charge is 2.37. The minimum Gasteiger partial charge on any atom is -0.463 e. The van der Waals surface area contributed by atoms with Crippen molar-refractivity contribution in [3.63, 3.8) is 0 Å². The lowest BCUT2D eigenvalue weighted by Crippen LogP contribution is -2.41. The normalized spacial score (nSPS) is 24.4. The van der Waals surface area contributed by atoms with E-state index in [1.165, 1.54) is 0 Å². The van der Waals surface area contributed by atoms with Crippen molar-refractivity contribution in [2.75, 3.05) is 5.33 Å². The monoisotopic (exact) mass is 286 g/mol. The molecule has 2 atom stereocenters. The summed E-state index contributed by atoms with van der Waals surface area (Å²) in [5.74, 6) is 0.0751. The van der Waals surface area contributed by atoms with Gasteiger partial charge in [0.05, 0.1) is 6.10 Å². The number of aliphatic hydroxyl groups excluding tert-OH is 1. The molecule has 1 aliphatic heterocycles. The van der Waals surface area contributed by atoms with Crippen molar-refractivity contribution in [1.29, 1.82) is 0 Å². The molecule has 0 aromatic heterocycles. The summed E-state index contributed by atoms with van der Waals surface area (Å²) >= 11 is 3.27. The van der Waals surface area contributed by atoms with Crippen LogP contribution in [0.5, 0.6) is 5.75 Å². The van der Waals surface area contributed by atoms with E-state index in [9.17, 15) is 5.11 Å². The second-order valence-corrected chi connectivity index (χ2v) is 4.95. The highest BCUT2D eigenvalue weighted by molar-refractivity contribution is 9.09. The maximum Gasteiger partial charge on any atom is 0.205 e. The second-order valence-electron chi connectivity index (χ2n) is 4.30. The molecule has 0 amide bonds. The summed E-state index contributed by atoms with van der Waals surface area (Å²) in [6.45, 7) is 3.69. The molecular weight excluding hydrogens is 272 g/mol. The predicted molar refractivity (Wildman–Crippen MR) is 64.8 cm³/mol. The van der Waals surface area contributed by atoms with E-state index in [1.54, 1.807) is 0 Å². The minimum atomic E-state index is -0.706. The molecule has 0 saturated heterocycles. The molecule has 0 radical (unpaired) electrons. The molecule has 1 N–H and O–H groups in total. The van der Waals surface area contributed by atoms with Crippen LogP contribution in [-0.4, -0.2) is 22.3 Å². The van der Waals surface area contributed by atoms with Gasteiger partial charge in [-0.2, -0.15) is 0 Å². The molecule has 3 nitrogen and oxygen atoms in total. The maximum atomic E-state index is 9.93. The molecule has 16 heavy (non-hydrogen) atoms. The first-order valence-corrected chi connectivity index (χ1v) is 6.35. The molecule has 88 valence electrons. The van der Waals surface area contributed by atoms with E-state index in [4.69, 9.17) is 9.47 Å². The lowest BCUT2D eigenvalue weighted by molar-refractivity contribution is -0.226. The number of aliphatic hydroxyl groups is 1. The average Bonchev–Trinajstić information content (AvgIpc) is 2.25. The van der Waals surface area contributed by atoms with Crippen LogP contribution in [0.2, 0.25) is 0 Å². The maximum absolute atomic E-state index is 9.93. The third-order valence-corrected chi connectivity index (χ3v) is 3.16. The summed E-state index contributed by atoms with van der Waals surface area (Å²) in [5, 5.41) is 10.4. The topological polar surface area (TPSA) is 38.7 Å². The van der Waals surface area contributed by atoms with E-state index < -0.39 is 11.9 Å². The van der Waals surface area contributed by atoms with Gasteiger partial charge in [0.15, 0.2) is 0 Å². The molecule has 1 aromatic carbocycles. The number of benzene rings is 1. The Labute approximate surface area is 104 Å². The Morgan fingerprint density at radius 2 is 2.12 bits per heavy atom. The fourth-order valence-corrected chi connectivity index (χ4v) is 2.17. The van der Waals surface area contributed by atoms with Gasteiger partial charge in [-0.15, -0.1) is 0 Å². The number of hydrogen-bond acceptors (Lipinski definition) is 3. The van der Waals surface area contributed by atoms with Gasteiger partial charge in [0, 0.05) is 24.7 Å². The fourth-order valence-electron chi connectivity index (χ4n) is 1.83. The molecule has 1 heterocycles. The van der Waals surface area contributed by atoms with Crippen LogP contribution in [0, 0.1) is 0 Å². The van der Waals surface area contributed by atoms with Gasteiger partial charge >= 0.3 is 0 Å². The van der Waals surface area contributed by atoms with Crippen molar-refractivity contribution in [3.8, 4) is 5.75 Å². The van der Waals surface area contributed by atoms with E-state index >= 15 is 0 Å². The van der Waals surface area contributed by atoms with E-state index in [0.29, 0.717) is 5.33 Å². The van der Waals surface area contributed by atoms with Gasteiger partial charge < -0.3 is 14.6 Å². The smallest absolute Gasteiger partial charge is 0.205 e. The first-order chi connectivity index (χ1) is 7.53. The zero-order valence-corrected chi connectivity index (χ0v) is 10.9. The molecule has 0 fully saturated rings. The number of ether oxygens (including phenoxy) is 2. The van der Waals surface area contributed by atoms with Crippen LogP contribution in [0.1, 0.15) is 25.5 Å². The Kier molecular flexibility index (Phi) is 3.24. The third-order valence-electron chi connectivity index (χ3n) is 2.50. The predicted octanol–water partition coefficient (Wildman–Crippen LogP) is 2.63. The summed E-state index contributed by atoms with van der Waals surface area (Å²) in [5.41, 5.74) is 0.897. The third kappa shape index (κ3) is 2.24. The van der Waals surface area contributed by atoms with Crippen LogP contribution in [-0.2, 0) is 4.74 Å². The summed E-state index contributed by atoms with van der Waals surface area (Å²) in [6.07, 6.45) is -0.927. The van der Waals surface area contributed by atoms with Crippen LogP contribution in [0.25, 0.3) is 0 Å². The molecule has 2 rings (SSSR count). The van der Waals surface area contributed by atoms with Crippen LogP contribution in [0.3, 0.4) is 0 Å². The molecular formula is C12H15BrO3. The number of halogens is 1. The highest BCUT2D eigenvalue weighted by atomic mass is 79.9. The fraction of sp³-hybridized carbons (Fsp3) is 0.500. The Balaban J connectivity index is 2.39. The average molecular weight is 287 g/mol.